The molecule has 3 N–H and O–H groups in total. The highest BCUT2D eigenvalue weighted by molar-refractivity contribution is 7.86. The molecule has 0 fully saturated rings. The van der Waals surface area contributed by atoms with Crippen LogP contribution in [0.25, 0.3) is 0 Å². The van der Waals surface area contributed by atoms with Crippen LogP contribution in [0.5, 0.6) is 0 Å². The van der Waals surface area contributed by atoms with E-state index in [9.17, 15) is 29.8 Å². The van der Waals surface area contributed by atoms with E-state index < -0.39 is 47.3 Å². The molecule has 0 amide bonds. The lowest BCUT2D eigenvalue weighted by molar-refractivity contribution is -0.438. The molecular formula is C27H35N2O9S3+. The van der Waals surface area contributed by atoms with Crippen molar-refractivity contribution < 1.29 is 43.5 Å². The third kappa shape index (κ3) is 9.65. The van der Waals surface area contributed by atoms with Gasteiger partial charge >= 0.3 is 0 Å². The van der Waals surface area contributed by atoms with E-state index in [1.807, 2.05) is 54.0 Å². The second kappa shape index (κ2) is 13.5. The summed E-state index contributed by atoms with van der Waals surface area (Å²) in [6.45, 7) is 2.25. The molecule has 0 aromatic heterocycles. The smallest absolute Gasteiger partial charge is 0.286 e. The molecule has 1 aliphatic rings. The van der Waals surface area contributed by atoms with Gasteiger partial charge in [-0.3, -0.25) is 18.7 Å². The average molecular weight is 628 g/mol. The SMILES string of the molecule is CC1(CCCCS(=O)(=O)O)C(C=CCC=Nc2ccccc2)=[N+](CCCCS(=O)(=O)O)c2ccc(S(=O)(=O)O)cc21. The quantitative estimate of drug-likeness (QED) is 0.112. The van der Waals surface area contributed by atoms with Crippen molar-refractivity contribution in [3.05, 3.63) is 66.2 Å². The van der Waals surface area contributed by atoms with Gasteiger partial charge in [0.05, 0.1) is 27.5 Å². The van der Waals surface area contributed by atoms with Gasteiger partial charge in [0.1, 0.15) is 6.54 Å². The van der Waals surface area contributed by atoms with Crippen molar-refractivity contribution in [3.63, 3.8) is 0 Å². The first-order valence-electron chi connectivity index (χ1n) is 13.0. The van der Waals surface area contributed by atoms with Crippen LogP contribution in [0.1, 0.15) is 51.0 Å². The van der Waals surface area contributed by atoms with Crippen LogP contribution in [0.2, 0.25) is 0 Å². The highest BCUT2D eigenvalue weighted by Crippen LogP contribution is 2.44. The number of rotatable bonds is 15. The largest absolute Gasteiger partial charge is 0.294 e. The Morgan fingerprint density at radius 3 is 2.10 bits per heavy atom. The molecule has 2 aromatic carbocycles. The summed E-state index contributed by atoms with van der Waals surface area (Å²) in [7, 11) is -12.8. The van der Waals surface area contributed by atoms with Crippen LogP contribution in [0.4, 0.5) is 11.4 Å². The summed E-state index contributed by atoms with van der Waals surface area (Å²) in [5, 5.41) is 0. The first-order valence-corrected chi connectivity index (χ1v) is 17.7. The predicted octanol–water partition coefficient (Wildman–Crippen LogP) is 4.36. The Morgan fingerprint density at radius 2 is 1.49 bits per heavy atom. The highest BCUT2D eigenvalue weighted by Gasteiger charge is 2.47. The number of para-hydroxylation sites is 1. The van der Waals surface area contributed by atoms with Crippen LogP contribution in [-0.2, 0) is 35.8 Å². The van der Waals surface area contributed by atoms with Gasteiger partial charge in [-0.15, -0.1) is 0 Å². The zero-order valence-electron chi connectivity index (χ0n) is 22.6. The topological polar surface area (TPSA) is 178 Å². The van der Waals surface area contributed by atoms with Crippen LogP contribution in [0.3, 0.4) is 0 Å². The van der Waals surface area contributed by atoms with Crippen molar-refractivity contribution in [1.82, 2.24) is 0 Å². The number of nitrogens with zero attached hydrogens (tertiary/aromatic N) is 2. The van der Waals surface area contributed by atoms with Crippen molar-refractivity contribution in [2.24, 2.45) is 4.99 Å². The van der Waals surface area contributed by atoms with Gasteiger partial charge < -0.3 is 0 Å². The molecule has 0 radical (unpaired) electrons. The first-order chi connectivity index (χ1) is 19.1. The fraction of sp³-hybridized carbons (Fsp3) is 0.407. The standard InChI is InChI=1S/C27H34N2O9S3/c1-27(16-6-9-19-39(30,31)32)24-21-23(41(36,37)38)14-15-25(24)29(18-8-10-20-40(33,34)35)26(27)13-5-7-17-28-22-11-3-2-4-12-22/h2-5,11-15,17,21H,6-10,16,18-20H2,1H3,(H2-,30,31,32,33,34,35,36,37,38)/p+1. The van der Waals surface area contributed by atoms with E-state index in [1.165, 1.54) is 12.1 Å². The molecule has 1 heterocycles. The number of fused-ring (bicyclic) bond motifs is 1. The summed E-state index contributed by atoms with van der Waals surface area (Å²) in [5.74, 6) is -0.815. The van der Waals surface area contributed by atoms with Crippen molar-refractivity contribution in [3.8, 4) is 0 Å². The van der Waals surface area contributed by atoms with Gasteiger partial charge in [-0.2, -0.15) is 29.8 Å². The van der Waals surface area contributed by atoms with Gasteiger partial charge in [-0.05, 0) is 50.5 Å². The minimum atomic E-state index is -4.51. The maximum atomic E-state index is 12.0. The number of benzene rings is 2. The molecule has 3 rings (SSSR count). The Kier molecular flexibility index (Phi) is 10.8. The second-order valence-electron chi connectivity index (χ2n) is 10.0. The number of allylic oxidation sites excluding steroid dienone is 2. The number of unbranched alkanes of at least 4 members (excludes halogenated alkanes) is 2. The molecule has 0 bridgehead atoms. The summed E-state index contributed by atoms with van der Waals surface area (Å²) in [5.41, 5.74) is 2.02. The fourth-order valence-corrected chi connectivity index (χ4v) is 6.57. The Hall–Kier alpha value is -2.75. The van der Waals surface area contributed by atoms with E-state index in [2.05, 4.69) is 4.99 Å². The van der Waals surface area contributed by atoms with Crippen LogP contribution < -0.4 is 0 Å². The van der Waals surface area contributed by atoms with E-state index in [4.69, 9.17) is 9.11 Å². The molecule has 11 nitrogen and oxygen atoms in total. The molecule has 1 atom stereocenters. The van der Waals surface area contributed by atoms with E-state index in [-0.39, 0.29) is 17.7 Å². The van der Waals surface area contributed by atoms with Gasteiger partial charge in [-0.25, -0.2) is 0 Å². The van der Waals surface area contributed by atoms with Crippen LogP contribution in [0, 0.1) is 0 Å². The van der Waals surface area contributed by atoms with Gasteiger partial charge in [0.2, 0.25) is 5.69 Å². The minimum Gasteiger partial charge on any atom is -0.286 e. The molecule has 0 saturated carbocycles. The summed E-state index contributed by atoms with van der Waals surface area (Å²) < 4.78 is 98.9. The lowest BCUT2D eigenvalue weighted by atomic mass is 9.75. The fourth-order valence-electron chi connectivity index (χ4n) is 4.93. The highest BCUT2D eigenvalue weighted by atomic mass is 32.2. The molecule has 0 spiro atoms. The van der Waals surface area contributed by atoms with Crippen molar-refractivity contribution in [2.75, 3.05) is 18.1 Å². The van der Waals surface area contributed by atoms with Gasteiger partial charge in [0.15, 0.2) is 5.71 Å². The van der Waals surface area contributed by atoms with Gasteiger partial charge in [-0.1, -0.05) is 30.7 Å². The Labute approximate surface area is 241 Å². The van der Waals surface area contributed by atoms with E-state index in [1.54, 1.807) is 12.3 Å². The van der Waals surface area contributed by atoms with Crippen LogP contribution in [0.15, 0.2) is 70.6 Å². The monoisotopic (exact) mass is 627 g/mol. The van der Waals surface area contributed by atoms with E-state index >= 15 is 0 Å². The summed E-state index contributed by atoms with van der Waals surface area (Å²) in [4.78, 5) is 4.13. The summed E-state index contributed by atoms with van der Waals surface area (Å²) in [6.07, 6.45) is 7.53. The van der Waals surface area contributed by atoms with Crippen molar-refractivity contribution in [1.29, 1.82) is 0 Å². The molecule has 2 aromatic rings. The third-order valence-corrected chi connectivity index (χ3v) is 9.34. The third-order valence-electron chi connectivity index (χ3n) is 6.88. The maximum Gasteiger partial charge on any atom is 0.294 e. The van der Waals surface area contributed by atoms with Gasteiger partial charge in [0, 0.05) is 36.8 Å². The van der Waals surface area contributed by atoms with Crippen LogP contribution >= 0.6 is 0 Å². The average Bonchev–Trinajstić information content (AvgIpc) is 3.10. The minimum absolute atomic E-state index is 0.177. The Morgan fingerprint density at radius 1 is 0.854 bits per heavy atom. The predicted molar refractivity (Wildman–Crippen MR) is 158 cm³/mol. The first kappa shape index (κ1) is 32.8. The normalized spacial score (nSPS) is 18.0. The molecule has 224 valence electrons. The van der Waals surface area contributed by atoms with Gasteiger partial charge in [0.25, 0.3) is 30.4 Å². The van der Waals surface area contributed by atoms with E-state index in [0.29, 0.717) is 43.5 Å². The molecule has 0 saturated heterocycles. The van der Waals surface area contributed by atoms with Crippen molar-refractivity contribution >= 4 is 53.7 Å². The maximum absolute atomic E-state index is 12.0. The van der Waals surface area contributed by atoms with Crippen molar-refractivity contribution in [2.45, 2.75) is 55.8 Å². The Balaban J connectivity index is 2.00. The van der Waals surface area contributed by atoms with Crippen LogP contribution in [-0.4, -0.2) is 73.5 Å². The molecule has 1 aliphatic heterocycles. The summed E-state index contributed by atoms with van der Waals surface area (Å²) >= 11 is 0. The Bertz CT molecular complexity index is 1650. The molecule has 14 heteroatoms. The zero-order chi connectivity index (χ0) is 30.3. The zero-order valence-corrected chi connectivity index (χ0v) is 25.1. The molecule has 1 unspecified atom stereocenters. The molecular weight excluding hydrogens is 593 g/mol. The molecule has 41 heavy (non-hydrogen) atoms. The molecule has 0 aliphatic carbocycles. The van der Waals surface area contributed by atoms with E-state index in [0.717, 1.165) is 11.4 Å². The summed E-state index contributed by atoms with van der Waals surface area (Å²) in [6, 6.07) is 13.6. The lowest BCUT2D eigenvalue weighted by Gasteiger charge is -2.22. The number of hydrogen-bond donors (Lipinski definition) is 3. The number of aliphatic imine (C=N–C) groups is 1. The second-order valence-corrected chi connectivity index (χ2v) is 14.6. The number of hydrogen-bond acceptors (Lipinski definition) is 7. The lowest BCUT2D eigenvalue weighted by Crippen LogP contribution is -2.32.